The molecule has 1 fully saturated rings. The molecule has 1 aliphatic carbocycles. The molecule has 6 nitrogen and oxygen atoms in total. The first-order valence-corrected chi connectivity index (χ1v) is 13.4. The topological polar surface area (TPSA) is 82.5 Å². The highest BCUT2D eigenvalue weighted by Crippen LogP contribution is 2.46. The summed E-state index contributed by atoms with van der Waals surface area (Å²) in [7, 11) is 0. The molecule has 37 heavy (non-hydrogen) atoms. The molecule has 194 valence electrons. The van der Waals surface area contributed by atoms with Gasteiger partial charge in [-0.05, 0) is 55.2 Å². The van der Waals surface area contributed by atoms with Crippen LogP contribution in [0, 0.1) is 5.92 Å². The number of anilines is 1. The molecule has 11 heteroatoms. The van der Waals surface area contributed by atoms with Gasteiger partial charge in [-0.3, -0.25) is 14.6 Å². The SMILES string of the molecule is O=C(NC1CCC(CN2C(=O)C(O)(c3csc(Cl)c3)c3ccccc32)CC1)c1cc(Cl)cnc1C(F)F. The third-order valence-corrected chi connectivity index (χ3v) is 8.38. The highest BCUT2D eigenvalue weighted by Gasteiger charge is 2.51. The summed E-state index contributed by atoms with van der Waals surface area (Å²) in [6.07, 6.45) is 0.893. The first-order chi connectivity index (χ1) is 17.7. The van der Waals surface area contributed by atoms with Crippen LogP contribution in [0.1, 0.15) is 59.3 Å². The number of amides is 2. The Morgan fingerprint density at radius 3 is 2.62 bits per heavy atom. The van der Waals surface area contributed by atoms with E-state index < -0.39 is 29.5 Å². The average molecular weight is 566 g/mol. The van der Waals surface area contributed by atoms with Crippen LogP contribution in [0.5, 0.6) is 0 Å². The number of carbonyl (C=O) groups excluding carboxylic acids is 2. The summed E-state index contributed by atoms with van der Waals surface area (Å²) < 4.78 is 27.1. The molecule has 1 aromatic carbocycles. The van der Waals surface area contributed by atoms with Crippen LogP contribution in [0.4, 0.5) is 14.5 Å². The predicted molar refractivity (Wildman–Crippen MR) is 139 cm³/mol. The van der Waals surface area contributed by atoms with Crippen molar-refractivity contribution in [1.29, 1.82) is 0 Å². The number of nitrogens with one attached hydrogen (secondary N) is 1. The van der Waals surface area contributed by atoms with E-state index in [2.05, 4.69) is 10.3 Å². The molecule has 1 atom stereocenters. The van der Waals surface area contributed by atoms with Gasteiger partial charge in [-0.25, -0.2) is 8.78 Å². The molecule has 0 spiro atoms. The fourth-order valence-electron chi connectivity index (χ4n) is 5.21. The smallest absolute Gasteiger partial charge is 0.281 e. The standard InChI is InChI=1S/C26H23Cl2F2N3O3S/c27-16-10-18(22(23(29)30)31-11-16)24(34)32-17-7-5-14(6-8-17)12-33-20-4-2-1-3-19(20)26(36,25(33)35)15-9-21(28)37-13-15/h1-4,9-11,13-14,17,23,36H,5-8,12H2,(H,32,34). The Hall–Kier alpha value is -2.59. The zero-order valence-electron chi connectivity index (χ0n) is 19.5. The van der Waals surface area contributed by atoms with Crippen LogP contribution in [0.25, 0.3) is 0 Å². The summed E-state index contributed by atoms with van der Waals surface area (Å²) >= 11 is 13.2. The van der Waals surface area contributed by atoms with E-state index in [1.807, 2.05) is 12.1 Å². The molecule has 5 rings (SSSR count). The van der Waals surface area contributed by atoms with Gasteiger partial charge >= 0.3 is 0 Å². The number of rotatable bonds is 6. The van der Waals surface area contributed by atoms with Crippen molar-refractivity contribution in [2.24, 2.45) is 5.92 Å². The molecule has 0 bridgehead atoms. The Balaban J connectivity index is 1.26. The van der Waals surface area contributed by atoms with Crippen molar-refractivity contribution in [3.05, 3.63) is 79.7 Å². The number of alkyl halides is 2. The number of benzene rings is 1. The van der Waals surface area contributed by atoms with Crippen molar-refractivity contribution in [3.63, 3.8) is 0 Å². The second kappa shape index (κ2) is 10.3. The fraction of sp³-hybridized carbons (Fsp3) is 0.346. The molecule has 2 aliphatic rings. The first kappa shape index (κ1) is 26.0. The molecule has 3 aromatic rings. The monoisotopic (exact) mass is 565 g/mol. The lowest BCUT2D eigenvalue weighted by Gasteiger charge is -2.32. The minimum atomic E-state index is -2.89. The second-order valence-electron chi connectivity index (χ2n) is 9.36. The maximum atomic E-state index is 13.6. The Labute approximate surface area is 226 Å². The van der Waals surface area contributed by atoms with E-state index in [4.69, 9.17) is 23.2 Å². The number of aliphatic hydroxyl groups is 1. The number of thiophene rings is 1. The molecule has 1 saturated carbocycles. The third kappa shape index (κ3) is 4.85. The van der Waals surface area contributed by atoms with E-state index in [-0.39, 0.29) is 22.5 Å². The lowest BCUT2D eigenvalue weighted by Crippen LogP contribution is -2.44. The summed E-state index contributed by atoms with van der Waals surface area (Å²) in [5, 5.41) is 16.2. The van der Waals surface area contributed by atoms with Crippen molar-refractivity contribution in [1.82, 2.24) is 10.3 Å². The number of hydrogen-bond acceptors (Lipinski definition) is 5. The van der Waals surface area contributed by atoms with Gasteiger partial charge in [0.2, 0.25) is 0 Å². The Kier molecular flexibility index (Phi) is 7.24. The van der Waals surface area contributed by atoms with Crippen LogP contribution < -0.4 is 10.2 Å². The first-order valence-electron chi connectivity index (χ1n) is 11.8. The number of nitrogens with zero attached hydrogens (tertiary/aromatic N) is 2. The van der Waals surface area contributed by atoms with E-state index in [0.29, 0.717) is 40.5 Å². The van der Waals surface area contributed by atoms with Crippen molar-refractivity contribution >= 4 is 52.0 Å². The molecule has 2 N–H and O–H groups in total. The lowest BCUT2D eigenvalue weighted by molar-refractivity contribution is -0.132. The average Bonchev–Trinajstić information content (AvgIpc) is 3.41. The van der Waals surface area contributed by atoms with E-state index in [1.54, 1.807) is 28.5 Å². The van der Waals surface area contributed by atoms with Crippen molar-refractivity contribution < 1.29 is 23.5 Å². The van der Waals surface area contributed by atoms with Crippen LogP contribution in [-0.2, 0) is 10.4 Å². The van der Waals surface area contributed by atoms with Crippen molar-refractivity contribution in [2.75, 3.05) is 11.4 Å². The van der Waals surface area contributed by atoms with Crippen LogP contribution in [0.3, 0.4) is 0 Å². The van der Waals surface area contributed by atoms with Crippen molar-refractivity contribution in [2.45, 2.75) is 43.8 Å². The molecule has 1 unspecified atom stereocenters. The number of hydrogen-bond donors (Lipinski definition) is 2. The number of pyridine rings is 1. The molecule has 0 radical (unpaired) electrons. The van der Waals surface area contributed by atoms with Gasteiger partial charge in [-0.1, -0.05) is 41.4 Å². The zero-order valence-corrected chi connectivity index (χ0v) is 21.8. The van der Waals surface area contributed by atoms with Gasteiger partial charge in [0.15, 0.2) is 5.60 Å². The van der Waals surface area contributed by atoms with E-state index in [0.717, 1.165) is 19.0 Å². The van der Waals surface area contributed by atoms with Gasteiger partial charge in [-0.15, -0.1) is 11.3 Å². The Morgan fingerprint density at radius 2 is 1.95 bits per heavy atom. The molecular weight excluding hydrogens is 543 g/mol. The van der Waals surface area contributed by atoms with Gasteiger partial charge in [0.1, 0.15) is 5.69 Å². The number of halogens is 4. The maximum Gasteiger partial charge on any atom is 0.281 e. The van der Waals surface area contributed by atoms with Crippen LogP contribution in [0.15, 0.2) is 48.0 Å². The molecule has 2 aromatic heterocycles. The largest absolute Gasteiger partial charge is 0.372 e. The molecule has 2 amide bonds. The lowest BCUT2D eigenvalue weighted by atomic mass is 9.85. The zero-order chi connectivity index (χ0) is 26.3. The molecule has 3 heterocycles. The summed E-state index contributed by atoms with van der Waals surface area (Å²) in [4.78, 5) is 31.5. The summed E-state index contributed by atoms with van der Waals surface area (Å²) in [6.45, 7) is 0.421. The molecule has 1 aliphatic heterocycles. The predicted octanol–water partition coefficient (Wildman–Crippen LogP) is 5.96. The minimum absolute atomic E-state index is 0.110. The third-order valence-electron chi connectivity index (χ3n) is 7.08. The number of carbonyl (C=O) groups is 2. The summed E-state index contributed by atoms with van der Waals surface area (Å²) in [6, 6.07) is 9.82. The van der Waals surface area contributed by atoms with E-state index in [1.165, 1.54) is 17.4 Å². The number of fused-ring (bicyclic) bond motifs is 1. The van der Waals surface area contributed by atoms with E-state index in [9.17, 15) is 23.5 Å². The normalized spacial score (nSPS) is 23.4. The highest BCUT2D eigenvalue weighted by molar-refractivity contribution is 7.14. The Morgan fingerprint density at radius 1 is 1.22 bits per heavy atom. The number of para-hydroxylation sites is 1. The van der Waals surface area contributed by atoms with Gasteiger partial charge in [-0.2, -0.15) is 0 Å². The highest BCUT2D eigenvalue weighted by atomic mass is 35.5. The quantitative estimate of drug-likeness (QED) is 0.386. The molecular formula is C26H23Cl2F2N3O3S. The Bertz CT molecular complexity index is 1350. The second-order valence-corrected chi connectivity index (χ2v) is 11.3. The molecule has 0 saturated heterocycles. The number of aromatic nitrogens is 1. The van der Waals surface area contributed by atoms with Crippen LogP contribution in [0.2, 0.25) is 9.36 Å². The summed E-state index contributed by atoms with van der Waals surface area (Å²) in [5.74, 6) is -0.897. The fourth-order valence-corrected chi connectivity index (χ4v) is 6.29. The van der Waals surface area contributed by atoms with Gasteiger partial charge in [0.05, 0.1) is 20.6 Å². The van der Waals surface area contributed by atoms with Crippen LogP contribution in [-0.4, -0.2) is 34.5 Å². The van der Waals surface area contributed by atoms with Crippen LogP contribution >= 0.6 is 34.5 Å². The van der Waals surface area contributed by atoms with Gasteiger partial charge in [0.25, 0.3) is 18.2 Å². The van der Waals surface area contributed by atoms with Crippen molar-refractivity contribution in [3.8, 4) is 0 Å². The maximum absolute atomic E-state index is 13.6. The van der Waals surface area contributed by atoms with E-state index >= 15 is 0 Å². The van der Waals surface area contributed by atoms with Gasteiger partial charge < -0.3 is 15.3 Å². The van der Waals surface area contributed by atoms with Gasteiger partial charge in [0, 0.05) is 29.9 Å². The summed E-state index contributed by atoms with van der Waals surface area (Å²) in [5.41, 5.74) is -0.967. The minimum Gasteiger partial charge on any atom is -0.372 e.